The molecule has 118 valence electrons. The van der Waals surface area contributed by atoms with Gasteiger partial charge in [-0.15, -0.1) is 0 Å². The number of pyridine rings is 1. The van der Waals surface area contributed by atoms with Gasteiger partial charge in [-0.2, -0.15) is 0 Å². The summed E-state index contributed by atoms with van der Waals surface area (Å²) in [6.45, 7) is 8.62. The van der Waals surface area contributed by atoms with Crippen molar-refractivity contribution in [2.24, 2.45) is 5.92 Å². The van der Waals surface area contributed by atoms with Crippen molar-refractivity contribution in [3.05, 3.63) is 22.2 Å². The van der Waals surface area contributed by atoms with Crippen LogP contribution in [0, 0.1) is 16.0 Å². The fraction of sp³-hybridized carbons (Fsp3) is 0.643. The SMILES string of the molecule is CCNc1ccc([N+](=O)[O-])c(NCCOCCC(C)C)n1. The molecule has 0 aliphatic carbocycles. The molecule has 7 nitrogen and oxygen atoms in total. The Balaban J connectivity index is 2.51. The fourth-order valence-corrected chi connectivity index (χ4v) is 1.67. The lowest BCUT2D eigenvalue weighted by molar-refractivity contribution is -0.384. The van der Waals surface area contributed by atoms with E-state index in [2.05, 4.69) is 29.5 Å². The molecule has 0 unspecified atom stereocenters. The summed E-state index contributed by atoms with van der Waals surface area (Å²) in [5.41, 5.74) is -0.0289. The number of nitrogens with one attached hydrogen (secondary N) is 2. The van der Waals surface area contributed by atoms with Crippen molar-refractivity contribution in [2.45, 2.75) is 27.2 Å². The first kappa shape index (κ1) is 17.2. The molecule has 0 bridgehead atoms. The minimum absolute atomic E-state index is 0.0289. The molecule has 0 aliphatic heterocycles. The monoisotopic (exact) mass is 296 g/mol. The summed E-state index contributed by atoms with van der Waals surface area (Å²) >= 11 is 0. The third kappa shape index (κ3) is 6.40. The van der Waals surface area contributed by atoms with Crippen LogP contribution in [0.15, 0.2) is 12.1 Å². The smallest absolute Gasteiger partial charge is 0.311 e. The van der Waals surface area contributed by atoms with Crippen LogP contribution in [0.5, 0.6) is 0 Å². The summed E-state index contributed by atoms with van der Waals surface area (Å²) in [5.74, 6) is 1.50. The van der Waals surface area contributed by atoms with E-state index in [1.54, 1.807) is 6.07 Å². The van der Waals surface area contributed by atoms with E-state index in [0.29, 0.717) is 38.0 Å². The van der Waals surface area contributed by atoms with Gasteiger partial charge in [-0.1, -0.05) is 13.8 Å². The number of nitro groups is 1. The number of ether oxygens (including phenoxy) is 1. The first-order valence-electron chi connectivity index (χ1n) is 7.25. The number of anilines is 2. The topological polar surface area (TPSA) is 89.3 Å². The zero-order chi connectivity index (χ0) is 15.7. The van der Waals surface area contributed by atoms with Crippen LogP contribution in [0.1, 0.15) is 27.2 Å². The highest BCUT2D eigenvalue weighted by Crippen LogP contribution is 2.23. The van der Waals surface area contributed by atoms with Gasteiger partial charge in [0.25, 0.3) is 0 Å². The molecule has 0 aliphatic rings. The van der Waals surface area contributed by atoms with Crippen molar-refractivity contribution in [1.82, 2.24) is 4.98 Å². The average Bonchev–Trinajstić information content (AvgIpc) is 2.42. The summed E-state index contributed by atoms with van der Waals surface area (Å²) in [6, 6.07) is 3.05. The van der Waals surface area contributed by atoms with Crippen molar-refractivity contribution in [3.8, 4) is 0 Å². The van der Waals surface area contributed by atoms with E-state index in [9.17, 15) is 10.1 Å². The highest BCUT2D eigenvalue weighted by molar-refractivity contribution is 5.60. The first-order valence-corrected chi connectivity index (χ1v) is 7.25. The molecule has 0 saturated carbocycles. The molecule has 1 heterocycles. The quantitative estimate of drug-likeness (QED) is 0.392. The van der Waals surface area contributed by atoms with Crippen molar-refractivity contribution in [2.75, 3.05) is 36.9 Å². The Bertz CT molecular complexity index is 452. The molecule has 1 rings (SSSR count). The van der Waals surface area contributed by atoms with Gasteiger partial charge in [0.15, 0.2) is 0 Å². The second-order valence-electron chi connectivity index (χ2n) is 5.07. The molecule has 7 heteroatoms. The second kappa shape index (κ2) is 9.12. The molecule has 0 spiro atoms. The highest BCUT2D eigenvalue weighted by Gasteiger charge is 2.15. The van der Waals surface area contributed by atoms with E-state index in [0.717, 1.165) is 6.42 Å². The fourth-order valence-electron chi connectivity index (χ4n) is 1.67. The first-order chi connectivity index (χ1) is 10.0. The van der Waals surface area contributed by atoms with Crippen LogP contribution >= 0.6 is 0 Å². The van der Waals surface area contributed by atoms with Crippen molar-refractivity contribution in [3.63, 3.8) is 0 Å². The summed E-state index contributed by atoms with van der Waals surface area (Å²) in [7, 11) is 0. The Morgan fingerprint density at radius 3 is 2.71 bits per heavy atom. The maximum atomic E-state index is 11.0. The average molecular weight is 296 g/mol. The molecule has 0 amide bonds. The van der Waals surface area contributed by atoms with Gasteiger partial charge in [0.2, 0.25) is 5.82 Å². The number of nitrogens with zero attached hydrogens (tertiary/aromatic N) is 2. The molecule has 0 aromatic carbocycles. The lowest BCUT2D eigenvalue weighted by Gasteiger charge is -2.10. The largest absolute Gasteiger partial charge is 0.380 e. The van der Waals surface area contributed by atoms with Crippen molar-refractivity contribution >= 4 is 17.3 Å². The third-order valence-corrected chi connectivity index (χ3v) is 2.81. The van der Waals surface area contributed by atoms with Gasteiger partial charge in [-0.25, -0.2) is 4.98 Å². The molecule has 21 heavy (non-hydrogen) atoms. The van der Waals surface area contributed by atoms with Gasteiger partial charge in [0.05, 0.1) is 11.5 Å². The third-order valence-electron chi connectivity index (χ3n) is 2.81. The van der Waals surface area contributed by atoms with Gasteiger partial charge in [0, 0.05) is 25.8 Å². The second-order valence-corrected chi connectivity index (χ2v) is 5.07. The van der Waals surface area contributed by atoms with E-state index < -0.39 is 4.92 Å². The summed E-state index contributed by atoms with van der Waals surface area (Å²) in [4.78, 5) is 14.7. The highest BCUT2D eigenvalue weighted by atomic mass is 16.6. The van der Waals surface area contributed by atoms with Gasteiger partial charge < -0.3 is 15.4 Å². The van der Waals surface area contributed by atoms with Gasteiger partial charge in [-0.05, 0) is 25.3 Å². The molecule has 0 atom stereocenters. The van der Waals surface area contributed by atoms with Crippen LogP contribution in [0.2, 0.25) is 0 Å². The Morgan fingerprint density at radius 2 is 2.10 bits per heavy atom. The summed E-state index contributed by atoms with van der Waals surface area (Å²) < 4.78 is 5.47. The molecular formula is C14H24N4O3. The predicted molar refractivity (Wildman–Crippen MR) is 83.8 cm³/mol. The Kier molecular flexibility index (Phi) is 7.45. The van der Waals surface area contributed by atoms with E-state index in [4.69, 9.17) is 4.74 Å². The van der Waals surface area contributed by atoms with Crippen LogP contribution in [0.25, 0.3) is 0 Å². The van der Waals surface area contributed by atoms with Gasteiger partial charge in [-0.3, -0.25) is 10.1 Å². The van der Waals surface area contributed by atoms with Gasteiger partial charge >= 0.3 is 5.69 Å². The Hall–Kier alpha value is -1.89. The maximum absolute atomic E-state index is 11.0. The minimum Gasteiger partial charge on any atom is -0.380 e. The minimum atomic E-state index is -0.440. The van der Waals surface area contributed by atoms with Crippen LogP contribution in [0.4, 0.5) is 17.3 Å². The van der Waals surface area contributed by atoms with E-state index >= 15 is 0 Å². The zero-order valence-electron chi connectivity index (χ0n) is 12.9. The summed E-state index contributed by atoms with van der Waals surface area (Å²) in [6.07, 6.45) is 1.01. The molecule has 2 N–H and O–H groups in total. The predicted octanol–water partition coefficient (Wildman–Crippen LogP) is 2.90. The Morgan fingerprint density at radius 1 is 1.33 bits per heavy atom. The molecule has 0 fully saturated rings. The van der Waals surface area contributed by atoms with E-state index in [1.165, 1.54) is 6.07 Å². The number of hydrogen-bond donors (Lipinski definition) is 2. The number of rotatable bonds is 10. The van der Waals surface area contributed by atoms with Crippen LogP contribution < -0.4 is 10.6 Å². The van der Waals surface area contributed by atoms with E-state index in [1.807, 2.05) is 6.92 Å². The maximum Gasteiger partial charge on any atom is 0.311 e. The molecule has 1 aromatic heterocycles. The lowest BCUT2D eigenvalue weighted by Crippen LogP contribution is -2.13. The molecule has 0 radical (unpaired) electrons. The van der Waals surface area contributed by atoms with Crippen molar-refractivity contribution < 1.29 is 9.66 Å². The Labute approximate surface area is 125 Å². The molecular weight excluding hydrogens is 272 g/mol. The zero-order valence-corrected chi connectivity index (χ0v) is 12.9. The van der Waals surface area contributed by atoms with Crippen LogP contribution in [-0.4, -0.2) is 36.2 Å². The standard InChI is InChI=1S/C14H24N4O3/c1-4-15-13-6-5-12(18(19)20)14(17-13)16-8-10-21-9-7-11(2)3/h5-6,11H,4,7-10H2,1-3H3,(H2,15,16,17). The summed E-state index contributed by atoms with van der Waals surface area (Å²) in [5, 5.41) is 17.0. The number of aromatic nitrogens is 1. The van der Waals surface area contributed by atoms with Crippen molar-refractivity contribution in [1.29, 1.82) is 0 Å². The van der Waals surface area contributed by atoms with Gasteiger partial charge in [0.1, 0.15) is 5.82 Å². The van der Waals surface area contributed by atoms with E-state index in [-0.39, 0.29) is 11.5 Å². The number of hydrogen-bond acceptors (Lipinski definition) is 6. The molecule has 0 saturated heterocycles. The van der Waals surface area contributed by atoms with Crippen LogP contribution in [0.3, 0.4) is 0 Å². The lowest BCUT2D eigenvalue weighted by atomic mass is 10.1. The molecule has 1 aromatic rings. The normalized spacial score (nSPS) is 10.7. The van der Waals surface area contributed by atoms with Crippen LogP contribution in [-0.2, 0) is 4.74 Å².